The lowest BCUT2D eigenvalue weighted by Gasteiger charge is -2.22. The molecule has 1 aliphatic heterocycles. The fraction of sp³-hybridized carbons (Fsp3) is 0.421. The Kier molecular flexibility index (Phi) is 4.36. The number of nitrogens with zero attached hydrogens (tertiary/aromatic N) is 4. The molecule has 2 N–H and O–H groups in total. The zero-order valence-corrected chi connectivity index (χ0v) is 14.7. The van der Waals surface area contributed by atoms with E-state index in [0.29, 0.717) is 5.92 Å². The van der Waals surface area contributed by atoms with E-state index in [1.807, 2.05) is 6.07 Å². The summed E-state index contributed by atoms with van der Waals surface area (Å²) in [4.78, 5) is 12.6. The van der Waals surface area contributed by atoms with Gasteiger partial charge in [0, 0.05) is 31.1 Å². The molecule has 0 bridgehead atoms. The maximum Gasteiger partial charge on any atom is 0.153 e. The van der Waals surface area contributed by atoms with Crippen molar-refractivity contribution in [1.82, 2.24) is 30.0 Å². The minimum absolute atomic E-state index is 0.00535. The summed E-state index contributed by atoms with van der Waals surface area (Å²) < 4.78 is 2.06. The van der Waals surface area contributed by atoms with E-state index in [1.54, 1.807) is 6.33 Å². The molecule has 1 aliphatic rings. The number of benzene rings is 1. The van der Waals surface area contributed by atoms with Crippen LogP contribution in [0, 0.1) is 0 Å². The second-order valence-electron chi connectivity index (χ2n) is 6.85. The summed E-state index contributed by atoms with van der Waals surface area (Å²) in [7, 11) is 0. The van der Waals surface area contributed by atoms with Gasteiger partial charge in [0.05, 0.1) is 12.0 Å². The van der Waals surface area contributed by atoms with Gasteiger partial charge in [-0.2, -0.15) is 5.10 Å². The van der Waals surface area contributed by atoms with Gasteiger partial charge in [-0.05, 0) is 12.0 Å². The molecule has 0 fully saturated rings. The molecule has 6 heteroatoms. The summed E-state index contributed by atoms with van der Waals surface area (Å²) in [5.74, 6) is 2.17. The van der Waals surface area contributed by atoms with Gasteiger partial charge in [0.15, 0.2) is 11.6 Å². The van der Waals surface area contributed by atoms with E-state index >= 15 is 0 Å². The Morgan fingerprint density at radius 3 is 2.88 bits per heavy atom. The summed E-state index contributed by atoms with van der Waals surface area (Å²) >= 11 is 0. The molecule has 0 amide bonds. The smallest absolute Gasteiger partial charge is 0.153 e. The third-order valence-corrected chi connectivity index (χ3v) is 4.69. The van der Waals surface area contributed by atoms with Crippen molar-refractivity contribution in [2.24, 2.45) is 0 Å². The van der Waals surface area contributed by atoms with E-state index in [-0.39, 0.29) is 6.04 Å². The molecule has 6 nitrogen and oxygen atoms in total. The second kappa shape index (κ2) is 6.80. The highest BCUT2D eigenvalue weighted by Gasteiger charge is 2.29. The van der Waals surface area contributed by atoms with Crippen molar-refractivity contribution in [1.29, 1.82) is 0 Å². The molecule has 0 aliphatic carbocycles. The Morgan fingerprint density at radius 1 is 1.24 bits per heavy atom. The largest absolute Gasteiger partial charge is 0.348 e. The molecule has 2 aromatic heterocycles. The third kappa shape index (κ3) is 3.22. The fourth-order valence-electron chi connectivity index (χ4n) is 3.31. The molecule has 3 heterocycles. The quantitative estimate of drug-likeness (QED) is 0.751. The van der Waals surface area contributed by atoms with Crippen LogP contribution in [0.15, 0.2) is 36.7 Å². The highest BCUT2D eigenvalue weighted by atomic mass is 15.4. The highest BCUT2D eigenvalue weighted by molar-refractivity contribution is 5.26. The first-order chi connectivity index (χ1) is 12.2. The Bertz CT molecular complexity index is 833. The SMILES string of the molecule is CC(C)c1nc(C2NCCc3[nH]cnc32)n(CCc2ccccc2)n1. The zero-order chi connectivity index (χ0) is 17.2. The average molecular weight is 336 g/mol. The van der Waals surface area contributed by atoms with Gasteiger partial charge in [-0.15, -0.1) is 0 Å². The Morgan fingerprint density at radius 2 is 2.08 bits per heavy atom. The molecule has 1 atom stereocenters. The molecule has 130 valence electrons. The van der Waals surface area contributed by atoms with E-state index in [0.717, 1.165) is 43.3 Å². The number of imidazole rings is 1. The van der Waals surface area contributed by atoms with E-state index in [2.05, 4.69) is 58.1 Å². The van der Waals surface area contributed by atoms with Crippen LogP contribution < -0.4 is 5.32 Å². The van der Waals surface area contributed by atoms with Gasteiger partial charge in [0.1, 0.15) is 6.04 Å². The normalized spacial score (nSPS) is 17.0. The minimum Gasteiger partial charge on any atom is -0.348 e. The number of nitrogens with one attached hydrogen (secondary N) is 2. The van der Waals surface area contributed by atoms with Crippen LogP contribution in [-0.4, -0.2) is 31.3 Å². The van der Waals surface area contributed by atoms with Crippen LogP contribution in [0.1, 0.15) is 54.4 Å². The average Bonchev–Trinajstić information content (AvgIpc) is 3.27. The van der Waals surface area contributed by atoms with Gasteiger partial charge in [-0.1, -0.05) is 44.2 Å². The van der Waals surface area contributed by atoms with Crippen LogP contribution in [0.2, 0.25) is 0 Å². The zero-order valence-electron chi connectivity index (χ0n) is 14.7. The summed E-state index contributed by atoms with van der Waals surface area (Å²) in [5.41, 5.74) is 3.56. The van der Waals surface area contributed by atoms with E-state index in [4.69, 9.17) is 10.1 Å². The summed E-state index contributed by atoms with van der Waals surface area (Å²) in [6.45, 7) is 6.00. The number of aromatic amines is 1. The second-order valence-corrected chi connectivity index (χ2v) is 6.85. The van der Waals surface area contributed by atoms with Crippen molar-refractivity contribution in [3.63, 3.8) is 0 Å². The number of hydrogen-bond acceptors (Lipinski definition) is 4. The molecule has 0 radical (unpaired) electrons. The molecule has 1 unspecified atom stereocenters. The van der Waals surface area contributed by atoms with Crippen LogP contribution in [0.3, 0.4) is 0 Å². The van der Waals surface area contributed by atoms with Crippen molar-refractivity contribution >= 4 is 0 Å². The standard InChI is InChI=1S/C19H24N6/c1-13(2)18-23-19(17-16-15(8-10-20-17)21-12-22-16)25(24-18)11-9-14-6-4-3-5-7-14/h3-7,12-13,17,20H,8-11H2,1-2H3,(H,21,22). The minimum atomic E-state index is 0.00535. The third-order valence-electron chi connectivity index (χ3n) is 4.69. The van der Waals surface area contributed by atoms with Crippen molar-refractivity contribution in [2.45, 2.75) is 45.2 Å². The summed E-state index contributed by atoms with van der Waals surface area (Å²) in [6, 6.07) is 10.5. The van der Waals surface area contributed by atoms with Gasteiger partial charge in [0.2, 0.25) is 0 Å². The number of rotatable bonds is 5. The molecule has 4 rings (SSSR count). The number of hydrogen-bond donors (Lipinski definition) is 2. The van der Waals surface area contributed by atoms with Gasteiger partial charge in [0.25, 0.3) is 0 Å². The molecule has 25 heavy (non-hydrogen) atoms. The van der Waals surface area contributed by atoms with Crippen LogP contribution in [0.25, 0.3) is 0 Å². The maximum absolute atomic E-state index is 4.86. The van der Waals surface area contributed by atoms with Crippen molar-refractivity contribution in [3.8, 4) is 0 Å². The van der Waals surface area contributed by atoms with Gasteiger partial charge in [-0.25, -0.2) is 14.6 Å². The van der Waals surface area contributed by atoms with Crippen LogP contribution >= 0.6 is 0 Å². The van der Waals surface area contributed by atoms with Gasteiger partial charge < -0.3 is 10.3 Å². The molecular weight excluding hydrogens is 312 g/mol. The van der Waals surface area contributed by atoms with Crippen LogP contribution in [0.4, 0.5) is 0 Å². The lowest BCUT2D eigenvalue weighted by atomic mass is 10.0. The molecule has 1 aromatic carbocycles. The highest BCUT2D eigenvalue weighted by Crippen LogP contribution is 2.26. The van der Waals surface area contributed by atoms with E-state index in [9.17, 15) is 0 Å². The first-order valence-corrected chi connectivity index (χ1v) is 8.96. The first-order valence-electron chi connectivity index (χ1n) is 8.96. The Labute approximate surface area is 147 Å². The monoisotopic (exact) mass is 336 g/mol. The fourth-order valence-corrected chi connectivity index (χ4v) is 3.31. The van der Waals surface area contributed by atoms with E-state index < -0.39 is 0 Å². The summed E-state index contributed by atoms with van der Waals surface area (Å²) in [5, 5.41) is 8.35. The van der Waals surface area contributed by atoms with Crippen molar-refractivity contribution in [3.05, 3.63) is 65.3 Å². The predicted molar refractivity (Wildman–Crippen MR) is 96.4 cm³/mol. The van der Waals surface area contributed by atoms with Gasteiger partial charge in [-0.3, -0.25) is 0 Å². The number of aryl methyl sites for hydroxylation is 2. The van der Waals surface area contributed by atoms with Crippen molar-refractivity contribution in [2.75, 3.05) is 6.54 Å². The van der Waals surface area contributed by atoms with Crippen molar-refractivity contribution < 1.29 is 0 Å². The molecule has 3 aromatic rings. The predicted octanol–water partition coefficient (Wildman–Crippen LogP) is 2.60. The van der Waals surface area contributed by atoms with Crippen LogP contribution in [0.5, 0.6) is 0 Å². The topological polar surface area (TPSA) is 71.4 Å². The number of H-pyrrole nitrogens is 1. The molecule has 0 saturated heterocycles. The molecule has 0 spiro atoms. The number of aromatic nitrogens is 5. The molecule has 0 saturated carbocycles. The van der Waals surface area contributed by atoms with Crippen LogP contribution in [-0.2, 0) is 19.4 Å². The Balaban J connectivity index is 1.65. The summed E-state index contributed by atoms with van der Waals surface area (Å²) in [6.07, 6.45) is 3.69. The maximum atomic E-state index is 4.86. The lowest BCUT2D eigenvalue weighted by Crippen LogP contribution is -2.33. The van der Waals surface area contributed by atoms with E-state index in [1.165, 1.54) is 11.3 Å². The number of fused-ring (bicyclic) bond motifs is 1. The first kappa shape index (κ1) is 16.0. The molecular formula is C19H24N6. The Hall–Kier alpha value is -2.47. The lowest BCUT2D eigenvalue weighted by molar-refractivity contribution is 0.482. The van der Waals surface area contributed by atoms with Gasteiger partial charge >= 0.3 is 0 Å².